The van der Waals surface area contributed by atoms with Gasteiger partial charge < -0.3 is 4.74 Å². The lowest BCUT2D eigenvalue weighted by Crippen LogP contribution is -1.92. The number of thiophene rings is 1. The Morgan fingerprint density at radius 3 is 2.47 bits per heavy atom. The van der Waals surface area contributed by atoms with Gasteiger partial charge in [-0.3, -0.25) is 0 Å². The van der Waals surface area contributed by atoms with E-state index >= 15 is 0 Å². The van der Waals surface area contributed by atoms with Crippen molar-refractivity contribution in [2.75, 3.05) is 7.11 Å². The molecule has 1 aromatic heterocycles. The molecule has 0 saturated heterocycles. The van der Waals surface area contributed by atoms with Crippen LogP contribution in [0.4, 0.5) is 0 Å². The summed E-state index contributed by atoms with van der Waals surface area (Å²) in [5.74, 6) is 0.886. The number of methoxy groups -OCH3 is 1. The maximum atomic E-state index is 6.44. The van der Waals surface area contributed by atoms with Gasteiger partial charge in [0.2, 0.25) is 0 Å². The minimum absolute atomic E-state index is 0.0506. The van der Waals surface area contributed by atoms with Crippen LogP contribution in [0.2, 0.25) is 0 Å². The van der Waals surface area contributed by atoms with Crippen LogP contribution in [0.15, 0.2) is 38.6 Å². The Hall–Kier alpha value is -0.0300. The average molecular weight is 425 g/mol. The fourth-order valence-electron chi connectivity index (χ4n) is 1.75. The zero-order valence-electron chi connectivity index (χ0n) is 10.3. The Balaban J connectivity index is 1.94. The highest BCUT2D eigenvalue weighted by atomic mass is 79.9. The first-order valence-corrected chi connectivity index (χ1v) is 8.65. The minimum Gasteiger partial charge on any atom is -0.497 e. The van der Waals surface area contributed by atoms with Crippen LogP contribution in [0.3, 0.4) is 0 Å². The predicted molar refractivity (Wildman–Crippen MR) is 89.6 cm³/mol. The molecule has 0 aliphatic carbocycles. The maximum absolute atomic E-state index is 6.44. The number of rotatable bonds is 5. The first kappa shape index (κ1) is 15.4. The van der Waals surface area contributed by atoms with Crippen LogP contribution in [-0.4, -0.2) is 7.11 Å². The van der Waals surface area contributed by atoms with E-state index in [0.29, 0.717) is 0 Å². The van der Waals surface area contributed by atoms with E-state index in [1.54, 1.807) is 18.4 Å². The molecule has 0 saturated carbocycles. The van der Waals surface area contributed by atoms with Crippen molar-refractivity contribution in [2.24, 2.45) is 0 Å². The number of halogens is 3. The summed E-state index contributed by atoms with van der Waals surface area (Å²) in [4.78, 5) is 1.19. The van der Waals surface area contributed by atoms with Gasteiger partial charge >= 0.3 is 0 Å². The molecular weight excluding hydrogens is 411 g/mol. The van der Waals surface area contributed by atoms with Crippen LogP contribution in [0, 0.1) is 0 Å². The lowest BCUT2D eigenvalue weighted by atomic mass is 10.1. The molecule has 0 bridgehead atoms. The van der Waals surface area contributed by atoms with Crippen molar-refractivity contribution in [1.82, 2.24) is 0 Å². The normalized spacial score (nSPS) is 12.4. The topological polar surface area (TPSA) is 9.23 Å². The van der Waals surface area contributed by atoms with Crippen molar-refractivity contribution in [3.63, 3.8) is 0 Å². The number of aryl methyl sites for hydroxylation is 1. The Labute approximate surface area is 139 Å². The summed E-state index contributed by atoms with van der Waals surface area (Å²) in [6.45, 7) is 0. The summed E-state index contributed by atoms with van der Waals surface area (Å²) < 4.78 is 7.31. The lowest BCUT2D eigenvalue weighted by molar-refractivity contribution is 0.414. The van der Waals surface area contributed by atoms with Crippen LogP contribution >= 0.6 is 54.8 Å². The summed E-state index contributed by atoms with van der Waals surface area (Å²) >= 11 is 15.1. The second-order valence-electron chi connectivity index (χ2n) is 4.12. The number of benzene rings is 1. The monoisotopic (exact) mass is 422 g/mol. The Bertz CT molecular complexity index is 519. The molecule has 19 heavy (non-hydrogen) atoms. The van der Waals surface area contributed by atoms with E-state index in [1.807, 2.05) is 12.1 Å². The van der Waals surface area contributed by atoms with Crippen molar-refractivity contribution < 1.29 is 4.74 Å². The zero-order valence-corrected chi connectivity index (χ0v) is 15.1. The van der Waals surface area contributed by atoms with Gasteiger partial charge in [-0.15, -0.1) is 22.9 Å². The van der Waals surface area contributed by atoms with Crippen molar-refractivity contribution in [1.29, 1.82) is 0 Å². The van der Waals surface area contributed by atoms with Gasteiger partial charge in [0.1, 0.15) is 5.75 Å². The third-order valence-electron chi connectivity index (χ3n) is 2.82. The smallest absolute Gasteiger partial charge is 0.118 e. The van der Waals surface area contributed by atoms with Gasteiger partial charge in [0.15, 0.2) is 0 Å². The van der Waals surface area contributed by atoms with Crippen molar-refractivity contribution in [3.8, 4) is 5.75 Å². The SMILES string of the molecule is COc1ccc(CCC(Cl)c2cc(Br)c(Br)s2)cc1. The first-order chi connectivity index (χ1) is 9.10. The molecule has 1 atom stereocenters. The molecule has 0 spiro atoms. The van der Waals surface area contributed by atoms with Gasteiger partial charge in [0.05, 0.1) is 16.3 Å². The molecule has 5 heteroatoms. The van der Waals surface area contributed by atoms with Gasteiger partial charge in [-0.25, -0.2) is 0 Å². The van der Waals surface area contributed by atoms with E-state index in [-0.39, 0.29) is 5.38 Å². The fraction of sp³-hybridized carbons (Fsp3) is 0.286. The van der Waals surface area contributed by atoms with Gasteiger partial charge in [-0.2, -0.15) is 0 Å². The fourth-order valence-corrected chi connectivity index (χ4v) is 4.15. The average Bonchev–Trinajstić information content (AvgIpc) is 2.77. The minimum atomic E-state index is 0.0506. The third kappa shape index (κ3) is 4.22. The quantitative estimate of drug-likeness (QED) is 0.520. The Kier molecular flexibility index (Phi) is 5.75. The van der Waals surface area contributed by atoms with Crippen molar-refractivity contribution >= 4 is 54.8 Å². The van der Waals surface area contributed by atoms with Crippen LogP contribution in [0.1, 0.15) is 22.2 Å². The highest BCUT2D eigenvalue weighted by molar-refractivity contribution is 9.13. The summed E-state index contributed by atoms with van der Waals surface area (Å²) in [6.07, 6.45) is 1.89. The van der Waals surface area contributed by atoms with E-state index in [4.69, 9.17) is 16.3 Å². The van der Waals surface area contributed by atoms with Crippen LogP contribution in [-0.2, 0) is 6.42 Å². The highest BCUT2D eigenvalue weighted by Crippen LogP contribution is 2.39. The molecule has 2 rings (SSSR count). The molecule has 1 aromatic carbocycles. The molecule has 1 nitrogen and oxygen atoms in total. The maximum Gasteiger partial charge on any atom is 0.118 e. The van der Waals surface area contributed by atoms with Crippen molar-refractivity contribution in [2.45, 2.75) is 18.2 Å². The number of hydrogen-bond donors (Lipinski definition) is 0. The standard InChI is InChI=1S/C14H13Br2ClOS/c1-18-10-5-2-9(3-6-10)4-7-12(17)13-8-11(15)14(16)19-13/h2-3,5-6,8,12H,4,7H2,1H3. The highest BCUT2D eigenvalue weighted by Gasteiger charge is 2.13. The molecule has 2 aromatic rings. The molecule has 0 N–H and O–H groups in total. The van der Waals surface area contributed by atoms with E-state index in [2.05, 4.69) is 50.1 Å². The molecule has 0 aliphatic heterocycles. The van der Waals surface area contributed by atoms with E-state index in [9.17, 15) is 0 Å². The summed E-state index contributed by atoms with van der Waals surface area (Å²) in [7, 11) is 1.68. The summed E-state index contributed by atoms with van der Waals surface area (Å²) in [5, 5.41) is 0.0506. The first-order valence-electron chi connectivity index (χ1n) is 5.82. The number of hydrogen-bond acceptors (Lipinski definition) is 2. The van der Waals surface area contributed by atoms with Gasteiger partial charge in [0, 0.05) is 9.35 Å². The second-order valence-corrected chi connectivity index (χ2v) is 7.91. The lowest BCUT2D eigenvalue weighted by Gasteiger charge is -2.07. The summed E-state index contributed by atoms with van der Waals surface area (Å²) in [5.41, 5.74) is 1.28. The van der Waals surface area contributed by atoms with Crippen LogP contribution < -0.4 is 4.74 Å². The molecule has 0 fully saturated rings. The van der Waals surface area contributed by atoms with E-state index < -0.39 is 0 Å². The molecule has 0 radical (unpaired) electrons. The Morgan fingerprint density at radius 2 is 1.95 bits per heavy atom. The van der Waals surface area contributed by atoms with Crippen LogP contribution in [0.25, 0.3) is 0 Å². The van der Waals surface area contributed by atoms with Gasteiger partial charge in [0.25, 0.3) is 0 Å². The predicted octanol–water partition coefficient (Wildman–Crippen LogP) is 6.19. The Morgan fingerprint density at radius 1 is 1.26 bits per heavy atom. The molecule has 102 valence electrons. The summed E-state index contributed by atoms with van der Waals surface area (Å²) in [6, 6.07) is 10.2. The molecule has 1 heterocycles. The van der Waals surface area contributed by atoms with Gasteiger partial charge in [-0.1, -0.05) is 12.1 Å². The molecule has 1 unspecified atom stereocenters. The second kappa shape index (κ2) is 7.11. The number of alkyl halides is 1. The molecule has 0 amide bonds. The van der Waals surface area contributed by atoms with E-state index in [0.717, 1.165) is 26.9 Å². The van der Waals surface area contributed by atoms with Gasteiger partial charge in [-0.05, 0) is 68.5 Å². The van der Waals surface area contributed by atoms with E-state index in [1.165, 1.54) is 10.4 Å². The zero-order chi connectivity index (χ0) is 13.8. The van der Waals surface area contributed by atoms with Crippen LogP contribution in [0.5, 0.6) is 5.75 Å². The third-order valence-corrected chi connectivity index (χ3v) is 6.77. The van der Waals surface area contributed by atoms with Crippen molar-refractivity contribution in [3.05, 3.63) is 49.0 Å². The largest absolute Gasteiger partial charge is 0.497 e. The molecular formula is C14H13Br2ClOS. The number of ether oxygens (including phenoxy) is 1. The molecule has 0 aliphatic rings.